The topological polar surface area (TPSA) is 19.6 Å². The highest BCUT2D eigenvalue weighted by Gasteiger charge is 2.11. The third kappa shape index (κ3) is 4.78. The first-order valence-electron chi connectivity index (χ1n) is 7.07. The Morgan fingerprint density at radius 2 is 2.00 bits per heavy atom. The van der Waals surface area contributed by atoms with E-state index in [2.05, 4.69) is 48.3 Å². The lowest BCUT2D eigenvalue weighted by Gasteiger charge is -2.22. The van der Waals surface area contributed by atoms with Gasteiger partial charge in [0.05, 0.1) is 12.8 Å². The maximum absolute atomic E-state index is 5.49. The summed E-state index contributed by atoms with van der Waals surface area (Å²) in [4.78, 5) is 6.17. The van der Waals surface area contributed by atoms with Crippen LogP contribution in [0.15, 0.2) is 34.3 Å². The fraction of sp³-hybridized carbons (Fsp3) is 0.500. The Balaban J connectivity index is 1.94. The van der Waals surface area contributed by atoms with Gasteiger partial charge >= 0.3 is 0 Å². The van der Waals surface area contributed by atoms with Crippen molar-refractivity contribution in [1.82, 2.24) is 9.80 Å². The summed E-state index contributed by atoms with van der Waals surface area (Å²) < 4.78 is 5.49. The summed E-state index contributed by atoms with van der Waals surface area (Å²) in [5.74, 6) is 1.05. The Bertz CT molecular complexity index is 490. The van der Waals surface area contributed by atoms with E-state index in [0.717, 1.165) is 31.9 Å². The lowest BCUT2D eigenvalue weighted by atomic mass is 10.2. The molecule has 0 aromatic carbocycles. The average Bonchev–Trinajstić information content (AvgIpc) is 3.02. The van der Waals surface area contributed by atoms with Crippen molar-refractivity contribution in [3.05, 3.63) is 46.0 Å². The minimum Gasteiger partial charge on any atom is -0.468 e. The minimum atomic E-state index is 0.887. The molecule has 0 aliphatic rings. The molecule has 4 heteroatoms. The highest BCUT2D eigenvalue weighted by atomic mass is 32.1. The van der Waals surface area contributed by atoms with E-state index in [9.17, 15) is 0 Å². The minimum absolute atomic E-state index is 0.887. The van der Waals surface area contributed by atoms with Crippen molar-refractivity contribution in [2.24, 2.45) is 0 Å². The summed E-state index contributed by atoms with van der Waals surface area (Å²) in [6.07, 6.45) is 2.93. The van der Waals surface area contributed by atoms with Crippen LogP contribution in [0.5, 0.6) is 0 Å². The second kappa shape index (κ2) is 7.62. The Labute approximate surface area is 125 Å². The largest absolute Gasteiger partial charge is 0.468 e. The number of hydrogen-bond donors (Lipinski definition) is 0. The molecule has 20 heavy (non-hydrogen) atoms. The van der Waals surface area contributed by atoms with Gasteiger partial charge in [-0.3, -0.25) is 4.90 Å². The van der Waals surface area contributed by atoms with E-state index >= 15 is 0 Å². The van der Waals surface area contributed by atoms with Crippen molar-refractivity contribution in [2.45, 2.75) is 26.4 Å². The van der Waals surface area contributed by atoms with Gasteiger partial charge in [-0.25, -0.2) is 0 Å². The first-order valence-corrected chi connectivity index (χ1v) is 7.95. The van der Waals surface area contributed by atoms with Gasteiger partial charge in [-0.15, -0.1) is 11.3 Å². The van der Waals surface area contributed by atoms with Crippen LogP contribution in [0, 0.1) is 6.92 Å². The Hall–Kier alpha value is -1.10. The standard InChI is InChI=1S/C16H24N2OS/c1-14-7-11-20-16(14)13-18(9-5-8-17(2)3)12-15-6-4-10-19-15/h4,6-7,10-11H,5,8-9,12-13H2,1-3H3. The van der Waals surface area contributed by atoms with Gasteiger partial charge in [-0.05, 0) is 63.1 Å². The summed E-state index contributed by atoms with van der Waals surface area (Å²) in [7, 11) is 4.25. The smallest absolute Gasteiger partial charge is 0.117 e. The molecule has 3 nitrogen and oxygen atoms in total. The quantitative estimate of drug-likeness (QED) is 0.741. The van der Waals surface area contributed by atoms with Gasteiger partial charge in [0.1, 0.15) is 5.76 Å². The monoisotopic (exact) mass is 292 g/mol. The first-order chi connectivity index (χ1) is 9.65. The van der Waals surface area contributed by atoms with Gasteiger partial charge < -0.3 is 9.32 Å². The van der Waals surface area contributed by atoms with Crippen molar-refractivity contribution < 1.29 is 4.42 Å². The summed E-state index contributed by atoms with van der Waals surface area (Å²) >= 11 is 1.85. The normalized spacial score (nSPS) is 11.7. The van der Waals surface area contributed by atoms with Gasteiger partial charge in [0, 0.05) is 18.0 Å². The number of hydrogen-bond acceptors (Lipinski definition) is 4. The molecule has 2 aromatic heterocycles. The Morgan fingerprint density at radius 3 is 2.60 bits per heavy atom. The molecule has 2 rings (SSSR count). The zero-order valence-electron chi connectivity index (χ0n) is 12.6. The molecule has 0 saturated heterocycles. The van der Waals surface area contributed by atoms with Crippen molar-refractivity contribution in [1.29, 1.82) is 0 Å². The summed E-state index contributed by atoms with van der Waals surface area (Å²) in [6, 6.07) is 6.22. The van der Waals surface area contributed by atoms with E-state index in [4.69, 9.17) is 4.42 Å². The molecular formula is C16H24N2OS. The van der Waals surface area contributed by atoms with E-state index in [1.807, 2.05) is 17.4 Å². The number of furan rings is 1. The van der Waals surface area contributed by atoms with Crippen LogP contribution in [0.2, 0.25) is 0 Å². The van der Waals surface area contributed by atoms with Gasteiger partial charge in [-0.2, -0.15) is 0 Å². The molecule has 0 aliphatic heterocycles. The molecule has 0 fully saturated rings. The molecule has 0 bridgehead atoms. The van der Waals surface area contributed by atoms with Crippen molar-refractivity contribution in [3.63, 3.8) is 0 Å². The van der Waals surface area contributed by atoms with Crippen LogP contribution in [0.3, 0.4) is 0 Å². The summed E-state index contributed by atoms with van der Waals surface area (Å²) in [6.45, 7) is 6.31. The molecule has 0 radical (unpaired) electrons. The van der Waals surface area contributed by atoms with Crippen LogP contribution in [0.25, 0.3) is 0 Å². The van der Waals surface area contributed by atoms with Crippen LogP contribution in [-0.2, 0) is 13.1 Å². The molecule has 110 valence electrons. The van der Waals surface area contributed by atoms with E-state index in [1.54, 1.807) is 6.26 Å². The van der Waals surface area contributed by atoms with E-state index < -0.39 is 0 Å². The van der Waals surface area contributed by atoms with Crippen LogP contribution >= 0.6 is 11.3 Å². The highest BCUT2D eigenvalue weighted by Crippen LogP contribution is 2.19. The number of nitrogens with zero attached hydrogens (tertiary/aromatic N) is 2. The Kier molecular flexibility index (Phi) is 5.83. The molecule has 0 atom stereocenters. The SMILES string of the molecule is Cc1ccsc1CN(CCCN(C)C)Cc1ccco1. The maximum atomic E-state index is 5.49. The molecule has 2 heterocycles. The molecule has 0 amide bonds. The Morgan fingerprint density at radius 1 is 1.15 bits per heavy atom. The van der Waals surface area contributed by atoms with Gasteiger partial charge in [0.25, 0.3) is 0 Å². The third-order valence-electron chi connectivity index (χ3n) is 3.37. The molecule has 0 N–H and O–H groups in total. The zero-order valence-corrected chi connectivity index (χ0v) is 13.4. The number of rotatable bonds is 8. The molecule has 0 aliphatic carbocycles. The fourth-order valence-corrected chi connectivity index (χ4v) is 3.16. The molecule has 2 aromatic rings. The van der Waals surface area contributed by atoms with Crippen molar-refractivity contribution in [2.75, 3.05) is 27.2 Å². The maximum Gasteiger partial charge on any atom is 0.117 e. The second-order valence-corrected chi connectivity index (χ2v) is 6.47. The van der Waals surface area contributed by atoms with Gasteiger partial charge in [-0.1, -0.05) is 0 Å². The van der Waals surface area contributed by atoms with E-state index in [1.165, 1.54) is 16.9 Å². The lowest BCUT2D eigenvalue weighted by molar-refractivity contribution is 0.223. The van der Waals surface area contributed by atoms with Crippen LogP contribution in [0.4, 0.5) is 0 Å². The molecular weight excluding hydrogens is 268 g/mol. The van der Waals surface area contributed by atoms with Gasteiger partial charge in [0.15, 0.2) is 0 Å². The first kappa shape index (κ1) is 15.3. The second-order valence-electron chi connectivity index (χ2n) is 5.47. The predicted octanol–water partition coefficient (Wildman–Crippen LogP) is 3.60. The van der Waals surface area contributed by atoms with Crippen molar-refractivity contribution in [3.8, 4) is 0 Å². The van der Waals surface area contributed by atoms with Crippen LogP contribution < -0.4 is 0 Å². The van der Waals surface area contributed by atoms with Crippen molar-refractivity contribution >= 4 is 11.3 Å². The predicted molar refractivity (Wildman–Crippen MR) is 85.0 cm³/mol. The van der Waals surface area contributed by atoms with Crippen LogP contribution in [0.1, 0.15) is 22.6 Å². The van der Waals surface area contributed by atoms with E-state index in [-0.39, 0.29) is 0 Å². The third-order valence-corrected chi connectivity index (χ3v) is 4.38. The number of aryl methyl sites for hydroxylation is 1. The molecule has 0 unspecified atom stereocenters. The molecule has 0 spiro atoms. The van der Waals surface area contributed by atoms with E-state index in [0.29, 0.717) is 0 Å². The molecule has 0 saturated carbocycles. The highest BCUT2D eigenvalue weighted by molar-refractivity contribution is 7.10. The fourth-order valence-electron chi connectivity index (χ4n) is 2.22. The van der Waals surface area contributed by atoms with Crippen LogP contribution in [-0.4, -0.2) is 37.0 Å². The zero-order chi connectivity index (χ0) is 14.4. The summed E-state index contributed by atoms with van der Waals surface area (Å²) in [5, 5.41) is 2.18. The summed E-state index contributed by atoms with van der Waals surface area (Å²) in [5.41, 5.74) is 1.40. The average molecular weight is 292 g/mol. The lowest BCUT2D eigenvalue weighted by Crippen LogP contribution is -2.26. The number of thiophene rings is 1. The van der Waals surface area contributed by atoms with Gasteiger partial charge in [0.2, 0.25) is 0 Å².